The van der Waals surface area contributed by atoms with Gasteiger partial charge in [0.15, 0.2) is 5.82 Å². The van der Waals surface area contributed by atoms with E-state index < -0.39 is 0 Å². The number of hydrogen-bond acceptors (Lipinski definition) is 6. The van der Waals surface area contributed by atoms with E-state index >= 15 is 0 Å². The van der Waals surface area contributed by atoms with E-state index in [-0.39, 0.29) is 11.9 Å². The standard InChI is InChI=1S/C25H27N7O2/c1-17-19(14-18-4-5-21(26-16-18)22-6-11-31(2)30-22)15-23(29-24(17)32-10-3-9-27-32)25(33)28-20-7-12-34-13-8-20/h3-6,9-11,15-16,20H,7-8,12-14H2,1-2H3,(H,28,33). The number of nitrogens with zero attached hydrogens (tertiary/aromatic N) is 6. The maximum absolute atomic E-state index is 13.1. The molecule has 1 aliphatic rings. The Balaban J connectivity index is 1.44. The van der Waals surface area contributed by atoms with Crippen LogP contribution >= 0.6 is 0 Å². The fourth-order valence-corrected chi connectivity index (χ4v) is 4.12. The van der Waals surface area contributed by atoms with Crippen molar-refractivity contribution in [2.24, 2.45) is 7.05 Å². The molecule has 1 fully saturated rings. The summed E-state index contributed by atoms with van der Waals surface area (Å²) in [6.45, 7) is 3.34. The van der Waals surface area contributed by atoms with Crippen LogP contribution in [0, 0.1) is 6.92 Å². The number of carbonyl (C=O) groups is 1. The van der Waals surface area contributed by atoms with Gasteiger partial charge >= 0.3 is 0 Å². The van der Waals surface area contributed by atoms with E-state index in [4.69, 9.17) is 4.74 Å². The highest BCUT2D eigenvalue weighted by molar-refractivity contribution is 5.93. The van der Waals surface area contributed by atoms with Crippen LogP contribution in [-0.4, -0.2) is 54.7 Å². The van der Waals surface area contributed by atoms with E-state index in [0.29, 0.717) is 31.1 Å². The lowest BCUT2D eigenvalue weighted by atomic mass is 10.0. The summed E-state index contributed by atoms with van der Waals surface area (Å²) in [5.74, 6) is 0.475. The smallest absolute Gasteiger partial charge is 0.270 e. The first-order valence-electron chi connectivity index (χ1n) is 11.4. The SMILES string of the molecule is Cc1c(Cc2ccc(-c3ccn(C)n3)nc2)cc(C(=O)NC2CCOCC2)nc1-n1cccn1. The fourth-order valence-electron chi connectivity index (χ4n) is 4.12. The highest BCUT2D eigenvalue weighted by atomic mass is 16.5. The predicted octanol–water partition coefficient (Wildman–Crippen LogP) is 2.87. The highest BCUT2D eigenvalue weighted by Gasteiger charge is 2.20. The van der Waals surface area contributed by atoms with Crippen molar-refractivity contribution in [2.75, 3.05) is 13.2 Å². The first-order valence-corrected chi connectivity index (χ1v) is 11.4. The Labute approximate surface area is 197 Å². The summed E-state index contributed by atoms with van der Waals surface area (Å²) in [6, 6.07) is 9.78. The van der Waals surface area contributed by atoms with Gasteiger partial charge in [-0.25, -0.2) is 9.67 Å². The van der Waals surface area contributed by atoms with Gasteiger partial charge in [0.1, 0.15) is 11.4 Å². The van der Waals surface area contributed by atoms with Gasteiger partial charge < -0.3 is 10.1 Å². The molecule has 0 aliphatic carbocycles. The molecule has 1 amide bonds. The van der Waals surface area contributed by atoms with E-state index in [1.807, 2.05) is 62.9 Å². The summed E-state index contributed by atoms with van der Waals surface area (Å²) in [7, 11) is 1.89. The molecule has 34 heavy (non-hydrogen) atoms. The van der Waals surface area contributed by atoms with Crippen molar-refractivity contribution < 1.29 is 9.53 Å². The molecule has 0 spiro atoms. The third-order valence-corrected chi connectivity index (χ3v) is 6.06. The molecule has 4 aromatic rings. The van der Waals surface area contributed by atoms with Crippen LogP contribution in [0.15, 0.2) is 55.1 Å². The zero-order chi connectivity index (χ0) is 23.5. The van der Waals surface area contributed by atoms with Crippen molar-refractivity contribution in [1.82, 2.24) is 34.8 Å². The van der Waals surface area contributed by atoms with Crippen molar-refractivity contribution in [3.63, 3.8) is 0 Å². The zero-order valence-electron chi connectivity index (χ0n) is 19.3. The number of ether oxygens (including phenoxy) is 1. The van der Waals surface area contributed by atoms with E-state index in [0.717, 1.165) is 40.9 Å². The Kier molecular flexibility index (Phi) is 6.18. The van der Waals surface area contributed by atoms with Crippen molar-refractivity contribution >= 4 is 5.91 Å². The number of carbonyl (C=O) groups excluding carboxylic acids is 1. The molecule has 0 saturated carbocycles. The van der Waals surface area contributed by atoms with Crippen LogP contribution in [0.1, 0.15) is 40.0 Å². The first-order chi connectivity index (χ1) is 16.6. The molecule has 0 atom stereocenters. The van der Waals surface area contributed by atoms with E-state index in [2.05, 4.69) is 25.5 Å². The summed E-state index contributed by atoms with van der Waals surface area (Å²) < 4.78 is 8.86. The average Bonchev–Trinajstić information content (AvgIpc) is 3.54. The molecule has 4 aromatic heterocycles. The van der Waals surface area contributed by atoms with Gasteiger partial charge in [0, 0.05) is 51.1 Å². The Morgan fingerprint density at radius 1 is 1.18 bits per heavy atom. The number of aryl methyl sites for hydroxylation is 1. The van der Waals surface area contributed by atoms with E-state index in [1.165, 1.54) is 0 Å². The van der Waals surface area contributed by atoms with E-state index in [9.17, 15) is 4.79 Å². The molecule has 0 aromatic carbocycles. The normalized spacial score (nSPS) is 14.3. The molecular weight excluding hydrogens is 430 g/mol. The Bertz CT molecular complexity index is 1270. The summed E-state index contributed by atoms with van der Waals surface area (Å²) in [4.78, 5) is 22.4. The van der Waals surface area contributed by atoms with Crippen LogP contribution in [0.4, 0.5) is 0 Å². The second kappa shape index (κ2) is 9.56. The monoisotopic (exact) mass is 457 g/mol. The number of amides is 1. The Morgan fingerprint density at radius 3 is 2.71 bits per heavy atom. The van der Waals surface area contributed by atoms with E-state index in [1.54, 1.807) is 15.6 Å². The third kappa shape index (κ3) is 4.74. The van der Waals surface area contributed by atoms with Crippen LogP contribution in [-0.2, 0) is 18.2 Å². The largest absolute Gasteiger partial charge is 0.381 e. The number of nitrogens with one attached hydrogen (secondary N) is 1. The Morgan fingerprint density at radius 2 is 2.03 bits per heavy atom. The summed E-state index contributed by atoms with van der Waals surface area (Å²) in [5.41, 5.74) is 5.06. The van der Waals surface area contributed by atoms with Gasteiger partial charge in [-0.3, -0.25) is 14.5 Å². The van der Waals surface area contributed by atoms with Crippen molar-refractivity contribution in [2.45, 2.75) is 32.2 Å². The molecular formula is C25H27N7O2. The quantitative estimate of drug-likeness (QED) is 0.478. The second-order valence-electron chi connectivity index (χ2n) is 8.53. The van der Waals surface area contributed by atoms with Crippen LogP contribution in [0.2, 0.25) is 0 Å². The lowest BCUT2D eigenvalue weighted by Gasteiger charge is -2.23. The van der Waals surface area contributed by atoms with Gasteiger partial charge in [0.05, 0.1) is 5.69 Å². The van der Waals surface area contributed by atoms with Gasteiger partial charge in [0.25, 0.3) is 5.91 Å². The van der Waals surface area contributed by atoms with Crippen LogP contribution in [0.5, 0.6) is 0 Å². The number of rotatable bonds is 6. The van der Waals surface area contributed by atoms with Gasteiger partial charge in [-0.15, -0.1) is 0 Å². The van der Waals surface area contributed by atoms with Crippen LogP contribution in [0.3, 0.4) is 0 Å². The maximum atomic E-state index is 13.1. The minimum Gasteiger partial charge on any atom is -0.381 e. The third-order valence-electron chi connectivity index (χ3n) is 6.06. The van der Waals surface area contributed by atoms with Gasteiger partial charge in [0.2, 0.25) is 0 Å². The lowest BCUT2D eigenvalue weighted by molar-refractivity contribution is 0.0694. The van der Waals surface area contributed by atoms with Crippen molar-refractivity contribution in [3.8, 4) is 17.2 Å². The van der Waals surface area contributed by atoms with Crippen molar-refractivity contribution in [3.05, 3.63) is 77.5 Å². The molecule has 0 bridgehead atoms. The highest BCUT2D eigenvalue weighted by Crippen LogP contribution is 2.22. The minimum atomic E-state index is -0.176. The fraction of sp³-hybridized carbons (Fsp3) is 0.320. The van der Waals surface area contributed by atoms with Gasteiger partial charge in [-0.1, -0.05) is 6.07 Å². The van der Waals surface area contributed by atoms with Gasteiger partial charge in [-0.05, 0) is 67.1 Å². The molecule has 0 unspecified atom stereocenters. The summed E-state index contributed by atoms with van der Waals surface area (Å²) >= 11 is 0. The number of hydrogen-bond donors (Lipinski definition) is 1. The van der Waals surface area contributed by atoms with Crippen LogP contribution < -0.4 is 5.32 Å². The molecule has 1 saturated heterocycles. The summed E-state index contributed by atoms with van der Waals surface area (Å²) in [5, 5.41) is 11.9. The number of pyridine rings is 2. The summed E-state index contributed by atoms with van der Waals surface area (Å²) in [6.07, 6.45) is 9.54. The van der Waals surface area contributed by atoms with Crippen molar-refractivity contribution in [1.29, 1.82) is 0 Å². The zero-order valence-corrected chi connectivity index (χ0v) is 19.3. The molecule has 1 aliphatic heterocycles. The predicted molar refractivity (Wildman–Crippen MR) is 127 cm³/mol. The minimum absolute atomic E-state index is 0.101. The molecule has 1 N–H and O–H groups in total. The topological polar surface area (TPSA) is 99.8 Å². The first kappa shape index (κ1) is 22.0. The van der Waals surface area contributed by atoms with Gasteiger partial charge in [-0.2, -0.15) is 10.2 Å². The van der Waals surface area contributed by atoms with Crippen LogP contribution in [0.25, 0.3) is 17.2 Å². The molecule has 5 heterocycles. The average molecular weight is 458 g/mol. The molecule has 9 nitrogen and oxygen atoms in total. The molecule has 0 radical (unpaired) electrons. The Hall–Kier alpha value is -3.85. The molecule has 9 heteroatoms. The molecule has 5 rings (SSSR count). The molecule has 174 valence electrons. The maximum Gasteiger partial charge on any atom is 0.270 e. The number of aromatic nitrogens is 6. The second-order valence-corrected chi connectivity index (χ2v) is 8.53. The lowest BCUT2D eigenvalue weighted by Crippen LogP contribution is -2.39.